The van der Waals surface area contributed by atoms with Crippen molar-refractivity contribution in [3.05, 3.63) is 29.8 Å². The van der Waals surface area contributed by atoms with E-state index in [2.05, 4.69) is 25.2 Å². The molecule has 2 amide bonds. The van der Waals surface area contributed by atoms with Crippen molar-refractivity contribution in [3.63, 3.8) is 0 Å². The molecule has 2 aliphatic heterocycles. The summed E-state index contributed by atoms with van der Waals surface area (Å²) < 4.78 is 5.73. The number of amides is 2. The van der Waals surface area contributed by atoms with Crippen LogP contribution in [0, 0.1) is 0 Å². The van der Waals surface area contributed by atoms with Crippen LogP contribution in [0.5, 0.6) is 5.75 Å². The van der Waals surface area contributed by atoms with Gasteiger partial charge < -0.3 is 19.9 Å². The first kappa shape index (κ1) is 18.7. The molecule has 0 aliphatic carbocycles. The van der Waals surface area contributed by atoms with Crippen LogP contribution in [-0.2, 0) is 9.59 Å². The van der Waals surface area contributed by atoms with Gasteiger partial charge in [-0.05, 0) is 36.5 Å². The Morgan fingerprint density at radius 1 is 1.35 bits per heavy atom. The van der Waals surface area contributed by atoms with Gasteiger partial charge in [0.1, 0.15) is 5.75 Å². The van der Waals surface area contributed by atoms with Gasteiger partial charge in [0.25, 0.3) is 5.91 Å². The smallest absolute Gasteiger partial charge is 0.260 e. The molecule has 0 bridgehead atoms. The van der Waals surface area contributed by atoms with Gasteiger partial charge in [-0.15, -0.1) is 0 Å². The van der Waals surface area contributed by atoms with E-state index in [9.17, 15) is 9.59 Å². The van der Waals surface area contributed by atoms with Gasteiger partial charge in [0, 0.05) is 32.2 Å². The van der Waals surface area contributed by atoms with Gasteiger partial charge in [0.05, 0.1) is 6.54 Å². The molecule has 3 rings (SSSR count). The number of carbonyl (C=O) groups is 2. The van der Waals surface area contributed by atoms with Crippen molar-refractivity contribution in [2.75, 3.05) is 39.3 Å². The SMILES string of the molecule is CC(C)c1cccc(OCC(=O)N2CCCC(N3CCNCC3=O)C2)c1. The van der Waals surface area contributed by atoms with E-state index in [1.807, 2.05) is 28.0 Å². The summed E-state index contributed by atoms with van der Waals surface area (Å²) >= 11 is 0. The summed E-state index contributed by atoms with van der Waals surface area (Å²) in [5.74, 6) is 1.29. The molecule has 6 heteroatoms. The number of carbonyl (C=O) groups excluding carboxylic acids is 2. The van der Waals surface area contributed by atoms with Gasteiger partial charge >= 0.3 is 0 Å². The molecular formula is C20H29N3O3. The number of piperazine rings is 1. The van der Waals surface area contributed by atoms with Gasteiger partial charge in [0.15, 0.2) is 6.61 Å². The standard InChI is InChI=1S/C20H29N3O3/c1-15(2)16-5-3-7-18(11-16)26-14-20(25)22-9-4-6-17(13-22)23-10-8-21-12-19(23)24/h3,5,7,11,15,17,21H,4,6,8-10,12-14H2,1-2H3. The summed E-state index contributed by atoms with van der Waals surface area (Å²) in [6.45, 7) is 7.62. The molecular weight excluding hydrogens is 330 g/mol. The maximum Gasteiger partial charge on any atom is 0.260 e. The lowest BCUT2D eigenvalue weighted by molar-refractivity contribution is -0.141. The van der Waals surface area contributed by atoms with E-state index >= 15 is 0 Å². The van der Waals surface area contributed by atoms with Crippen molar-refractivity contribution in [1.82, 2.24) is 15.1 Å². The van der Waals surface area contributed by atoms with E-state index in [1.165, 1.54) is 5.56 Å². The first-order chi connectivity index (χ1) is 12.5. The third kappa shape index (κ3) is 4.55. The highest BCUT2D eigenvalue weighted by molar-refractivity contribution is 5.80. The second-order valence-corrected chi connectivity index (χ2v) is 7.42. The molecule has 1 aromatic carbocycles. The third-order valence-electron chi connectivity index (χ3n) is 5.20. The summed E-state index contributed by atoms with van der Waals surface area (Å²) in [6, 6.07) is 8.04. The number of likely N-dealkylation sites (tertiary alicyclic amines) is 1. The van der Waals surface area contributed by atoms with Crippen molar-refractivity contribution in [3.8, 4) is 5.75 Å². The number of piperidine rings is 1. The minimum Gasteiger partial charge on any atom is -0.484 e. The molecule has 1 N–H and O–H groups in total. The number of hydrogen-bond donors (Lipinski definition) is 1. The van der Waals surface area contributed by atoms with Crippen LogP contribution in [0.15, 0.2) is 24.3 Å². The van der Waals surface area contributed by atoms with Crippen LogP contribution in [0.1, 0.15) is 38.2 Å². The molecule has 0 spiro atoms. The van der Waals surface area contributed by atoms with Gasteiger partial charge in [-0.2, -0.15) is 0 Å². The zero-order chi connectivity index (χ0) is 18.5. The van der Waals surface area contributed by atoms with Crippen LogP contribution >= 0.6 is 0 Å². The molecule has 2 aliphatic rings. The topological polar surface area (TPSA) is 61.9 Å². The molecule has 6 nitrogen and oxygen atoms in total. The number of ether oxygens (including phenoxy) is 1. The van der Waals surface area contributed by atoms with Crippen molar-refractivity contribution in [1.29, 1.82) is 0 Å². The summed E-state index contributed by atoms with van der Waals surface area (Å²) in [7, 11) is 0. The third-order valence-corrected chi connectivity index (χ3v) is 5.20. The summed E-state index contributed by atoms with van der Waals surface area (Å²) in [5.41, 5.74) is 1.20. The fraction of sp³-hybridized carbons (Fsp3) is 0.600. The van der Waals surface area contributed by atoms with Crippen LogP contribution < -0.4 is 10.1 Å². The molecule has 0 saturated carbocycles. The number of nitrogens with one attached hydrogen (secondary N) is 1. The normalized spacial score (nSPS) is 21.2. The van der Waals surface area contributed by atoms with Gasteiger partial charge in [-0.25, -0.2) is 0 Å². The molecule has 2 heterocycles. The van der Waals surface area contributed by atoms with Crippen LogP contribution in [0.4, 0.5) is 0 Å². The minimum absolute atomic E-state index is 0.00719. The van der Waals surface area contributed by atoms with E-state index in [0.29, 0.717) is 19.0 Å². The fourth-order valence-corrected chi connectivity index (χ4v) is 3.64. The van der Waals surface area contributed by atoms with Crippen molar-refractivity contribution < 1.29 is 14.3 Å². The molecule has 2 saturated heterocycles. The predicted octanol–water partition coefficient (Wildman–Crippen LogP) is 1.61. The van der Waals surface area contributed by atoms with Crippen LogP contribution in [-0.4, -0.2) is 67.0 Å². The second-order valence-electron chi connectivity index (χ2n) is 7.42. The Morgan fingerprint density at radius 3 is 2.96 bits per heavy atom. The lowest BCUT2D eigenvalue weighted by atomic mass is 10.0. The van der Waals surface area contributed by atoms with Crippen LogP contribution in [0.3, 0.4) is 0 Å². The Bertz CT molecular complexity index is 647. The fourth-order valence-electron chi connectivity index (χ4n) is 3.64. The van der Waals surface area contributed by atoms with Crippen molar-refractivity contribution >= 4 is 11.8 Å². The number of benzene rings is 1. The van der Waals surface area contributed by atoms with Gasteiger partial charge in [0.2, 0.25) is 5.91 Å². The van der Waals surface area contributed by atoms with Gasteiger partial charge in [-0.1, -0.05) is 26.0 Å². The monoisotopic (exact) mass is 359 g/mol. The zero-order valence-electron chi connectivity index (χ0n) is 15.7. The van der Waals surface area contributed by atoms with E-state index in [-0.39, 0.29) is 24.5 Å². The van der Waals surface area contributed by atoms with Crippen molar-refractivity contribution in [2.24, 2.45) is 0 Å². The molecule has 1 unspecified atom stereocenters. The second kappa shape index (κ2) is 8.54. The largest absolute Gasteiger partial charge is 0.484 e. The highest BCUT2D eigenvalue weighted by Gasteiger charge is 2.31. The molecule has 0 radical (unpaired) electrons. The Labute approximate surface area is 155 Å². The molecule has 1 atom stereocenters. The first-order valence-electron chi connectivity index (χ1n) is 9.55. The minimum atomic E-state index is -0.00719. The van der Waals surface area contributed by atoms with Crippen LogP contribution in [0.2, 0.25) is 0 Å². The lowest BCUT2D eigenvalue weighted by Crippen LogP contribution is -2.57. The number of nitrogens with zero attached hydrogens (tertiary/aromatic N) is 2. The molecule has 142 valence electrons. The highest BCUT2D eigenvalue weighted by atomic mass is 16.5. The summed E-state index contributed by atoms with van der Waals surface area (Å²) in [6.07, 6.45) is 1.89. The maximum atomic E-state index is 12.6. The quantitative estimate of drug-likeness (QED) is 0.868. The first-order valence-corrected chi connectivity index (χ1v) is 9.55. The zero-order valence-corrected chi connectivity index (χ0v) is 15.7. The lowest BCUT2D eigenvalue weighted by Gasteiger charge is -2.41. The van der Waals surface area contributed by atoms with E-state index in [1.54, 1.807) is 0 Å². The Balaban J connectivity index is 1.54. The van der Waals surface area contributed by atoms with E-state index in [4.69, 9.17) is 4.74 Å². The molecule has 1 aromatic rings. The average Bonchev–Trinajstić information content (AvgIpc) is 2.67. The number of rotatable bonds is 5. The average molecular weight is 359 g/mol. The Morgan fingerprint density at radius 2 is 2.19 bits per heavy atom. The van der Waals surface area contributed by atoms with E-state index in [0.717, 1.165) is 38.2 Å². The number of hydrogen-bond acceptors (Lipinski definition) is 4. The highest BCUT2D eigenvalue weighted by Crippen LogP contribution is 2.21. The summed E-state index contributed by atoms with van der Waals surface area (Å²) in [4.78, 5) is 28.5. The van der Waals surface area contributed by atoms with Crippen LogP contribution in [0.25, 0.3) is 0 Å². The molecule has 0 aromatic heterocycles. The molecule has 26 heavy (non-hydrogen) atoms. The van der Waals surface area contributed by atoms with Crippen molar-refractivity contribution in [2.45, 2.75) is 38.6 Å². The summed E-state index contributed by atoms with van der Waals surface area (Å²) in [5, 5.41) is 3.10. The van der Waals surface area contributed by atoms with E-state index < -0.39 is 0 Å². The Kier molecular flexibility index (Phi) is 6.14. The predicted molar refractivity (Wildman–Crippen MR) is 100 cm³/mol. The Hall–Kier alpha value is -2.08. The van der Waals surface area contributed by atoms with Gasteiger partial charge in [-0.3, -0.25) is 9.59 Å². The maximum absolute atomic E-state index is 12.6. The molecule has 2 fully saturated rings.